The molecule has 0 atom stereocenters. The van der Waals surface area contributed by atoms with Crippen molar-refractivity contribution in [3.05, 3.63) is 91.3 Å². The van der Waals surface area contributed by atoms with Crippen LogP contribution < -0.4 is 0 Å². The Morgan fingerprint density at radius 1 is 0.560 bits per heavy atom. The normalized spacial score (nSPS) is 11.2. The van der Waals surface area contributed by atoms with E-state index in [0.717, 1.165) is 17.1 Å². The van der Waals surface area contributed by atoms with Gasteiger partial charge in [0, 0.05) is 28.9 Å². The van der Waals surface area contributed by atoms with Gasteiger partial charge >= 0.3 is 0 Å². The molecular formula is C22H15N3. The summed E-state index contributed by atoms with van der Waals surface area (Å²) in [5.74, 6) is 0. The lowest BCUT2D eigenvalue weighted by atomic mass is 10.2. The second-order valence-electron chi connectivity index (χ2n) is 5.98. The second kappa shape index (κ2) is 5.56. The minimum absolute atomic E-state index is 0.875. The lowest BCUT2D eigenvalue weighted by Crippen LogP contribution is -1.96. The first-order valence-electron chi connectivity index (χ1n) is 8.28. The maximum atomic E-state index is 4.50. The fourth-order valence-corrected chi connectivity index (χ4v) is 3.41. The minimum Gasteiger partial charge on any atom is -0.309 e. The molecule has 25 heavy (non-hydrogen) atoms. The van der Waals surface area contributed by atoms with Crippen molar-refractivity contribution in [3.63, 3.8) is 0 Å². The highest BCUT2D eigenvalue weighted by Gasteiger charge is 2.12. The Morgan fingerprint density at radius 2 is 1.20 bits per heavy atom. The molecule has 0 radical (unpaired) electrons. The molecule has 0 unspecified atom stereocenters. The zero-order valence-electron chi connectivity index (χ0n) is 13.5. The summed E-state index contributed by atoms with van der Waals surface area (Å²) in [5.41, 5.74) is 5.24. The van der Waals surface area contributed by atoms with E-state index in [0.29, 0.717) is 0 Å². The topological polar surface area (TPSA) is 30.7 Å². The molecule has 0 aliphatic heterocycles. The molecule has 3 heterocycles. The van der Waals surface area contributed by atoms with Gasteiger partial charge in [0.2, 0.25) is 0 Å². The molecule has 5 aromatic rings. The molecule has 0 amide bonds. The first-order chi connectivity index (χ1) is 12.4. The lowest BCUT2D eigenvalue weighted by molar-refractivity contribution is 1.15. The van der Waals surface area contributed by atoms with E-state index in [1.165, 1.54) is 21.8 Å². The number of pyridine rings is 2. The van der Waals surface area contributed by atoms with Crippen LogP contribution in [0.3, 0.4) is 0 Å². The van der Waals surface area contributed by atoms with E-state index in [4.69, 9.17) is 0 Å². The Morgan fingerprint density at radius 3 is 1.88 bits per heavy atom. The van der Waals surface area contributed by atoms with Gasteiger partial charge in [-0.05, 0) is 36.4 Å². The van der Waals surface area contributed by atoms with Crippen molar-refractivity contribution in [2.75, 3.05) is 0 Å². The molecule has 3 aromatic heterocycles. The standard InChI is InChI=1S/C22H15N3/c1-3-10-21-17(7-1)18-8-2-4-11-22(18)25(21)16-12-14-24-20(15-16)19-9-5-6-13-23-19/h1-15H. The van der Waals surface area contributed by atoms with Crippen LogP contribution >= 0.6 is 0 Å². The fourth-order valence-electron chi connectivity index (χ4n) is 3.41. The van der Waals surface area contributed by atoms with Crippen LogP contribution in [-0.4, -0.2) is 14.5 Å². The molecule has 3 nitrogen and oxygen atoms in total. The summed E-state index contributed by atoms with van der Waals surface area (Å²) >= 11 is 0. The van der Waals surface area contributed by atoms with Crippen LogP contribution in [-0.2, 0) is 0 Å². The summed E-state index contributed by atoms with van der Waals surface area (Å²) < 4.78 is 2.29. The number of hydrogen-bond acceptors (Lipinski definition) is 2. The van der Waals surface area contributed by atoms with Crippen LogP contribution in [0.2, 0.25) is 0 Å². The number of aromatic nitrogens is 3. The van der Waals surface area contributed by atoms with E-state index in [1.807, 2.05) is 30.5 Å². The summed E-state index contributed by atoms with van der Waals surface area (Å²) in [5, 5.41) is 2.52. The third-order valence-electron chi connectivity index (χ3n) is 4.51. The molecule has 0 aliphatic rings. The maximum Gasteiger partial charge on any atom is 0.0906 e. The zero-order chi connectivity index (χ0) is 16.6. The van der Waals surface area contributed by atoms with Gasteiger partial charge in [0.1, 0.15) is 0 Å². The summed E-state index contributed by atoms with van der Waals surface area (Å²) in [6.45, 7) is 0. The minimum atomic E-state index is 0.875. The largest absolute Gasteiger partial charge is 0.309 e. The highest BCUT2D eigenvalue weighted by molar-refractivity contribution is 6.09. The van der Waals surface area contributed by atoms with Gasteiger partial charge in [0.25, 0.3) is 0 Å². The molecule has 118 valence electrons. The van der Waals surface area contributed by atoms with Crippen molar-refractivity contribution >= 4 is 21.8 Å². The Kier molecular flexibility index (Phi) is 3.10. The lowest BCUT2D eigenvalue weighted by Gasteiger charge is -2.09. The van der Waals surface area contributed by atoms with Crippen molar-refractivity contribution < 1.29 is 0 Å². The monoisotopic (exact) mass is 321 g/mol. The number of para-hydroxylation sites is 2. The van der Waals surface area contributed by atoms with Gasteiger partial charge in [-0.1, -0.05) is 42.5 Å². The molecule has 0 bridgehead atoms. The third kappa shape index (κ3) is 2.21. The zero-order valence-corrected chi connectivity index (χ0v) is 13.5. The van der Waals surface area contributed by atoms with Crippen molar-refractivity contribution in [2.24, 2.45) is 0 Å². The van der Waals surface area contributed by atoms with E-state index in [2.05, 4.69) is 69.1 Å². The fraction of sp³-hybridized carbons (Fsp3) is 0. The predicted octanol–water partition coefficient (Wildman–Crippen LogP) is 5.24. The predicted molar refractivity (Wildman–Crippen MR) is 102 cm³/mol. The van der Waals surface area contributed by atoms with Crippen LogP contribution in [0.5, 0.6) is 0 Å². The average Bonchev–Trinajstić information content (AvgIpc) is 3.03. The van der Waals surface area contributed by atoms with Gasteiger partial charge in [-0.25, -0.2) is 0 Å². The molecule has 0 N–H and O–H groups in total. The van der Waals surface area contributed by atoms with Crippen LogP contribution in [0.4, 0.5) is 0 Å². The van der Waals surface area contributed by atoms with Gasteiger partial charge in [-0.15, -0.1) is 0 Å². The Labute approximate surface area is 145 Å². The third-order valence-corrected chi connectivity index (χ3v) is 4.51. The van der Waals surface area contributed by atoms with Gasteiger partial charge in [0.15, 0.2) is 0 Å². The molecule has 0 saturated heterocycles. The molecule has 0 aliphatic carbocycles. The Bertz CT molecular complexity index is 1140. The van der Waals surface area contributed by atoms with Gasteiger partial charge in [-0.3, -0.25) is 9.97 Å². The molecular weight excluding hydrogens is 306 g/mol. The number of nitrogens with zero attached hydrogens (tertiary/aromatic N) is 3. The van der Waals surface area contributed by atoms with Gasteiger partial charge < -0.3 is 4.57 Å². The highest BCUT2D eigenvalue weighted by atomic mass is 15.0. The van der Waals surface area contributed by atoms with Crippen molar-refractivity contribution in [3.8, 4) is 17.1 Å². The van der Waals surface area contributed by atoms with E-state index in [-0.39, 0.29) is 0 Å². The van der Waals surface area contributed by atoms with Gasteiger partial charge in [0.05, 0.1) is 22.4 Å². The van der Waals surface area contributed by atoms with Crippen molar-refractivity contribution in [1.29, 1.82) is 0 Å². The summed E-state index contributed by atoms with van der Waals surface area (Å²) in [7, 11) is 0. The quantitative estimate of drug-likeness (QED) is 0.445. The van der Waals surface area contributed by atoms with Crippen LogP contribution in [0.25, 0.3) is 38.9 Å². The Balaban J connectivity index is 1.81. The van der Waals surface area contributed by atoms with Crippen molar-refractivity contribution in [2.45, 2.75) is 0 Å². The maximum absolute atomic E-state index is 4.50. The average molecular weight is 321 g/mol. The molecule has 0 fully saturated rings. The molecule has 0 spiro atoms. The van der Waals surface area contributed by atoms with E-state index in [1.54, 1.807) is 6.20 Å². The van der Waals surface area contributed by atoms with Crippen LogP contribution in [0, 0.1) is 0 Å². The number of rotatable bonds is 2. The summed E-state index contributed by atoms with van der Waals surface area (Å²) in [6.07, 6.45) is 3.65. The highest BCUT2D eigenvalue weighted by Crippen LogP contribution is 2.32. The number of fused-ring (bicyclic) bond motifs is 3. The second-order valence-corrected chi connectivity index (χ2v) is 5.98. The molecule has 0 saturated carbocycles. The van der Waals surface area contributed by atoms with E-state index in [9.17, 15) is 0 Å². The number of benzene rings is 2. The Hall–Kier alpha value is -3.46. The first kappa shape index (κ1) is 13.9. The van der Waals surface area contributed by atoms with Crippen LogP contribution in [0.15, 0.2) is 91.3 Å². The van der Waals surface area contributed by atoms with Crippen molar-refractivity contribution in [1.82, 2.24) is 14.5 Å². The SMILES string of the molecule is c1ccc(-c2cc(-n3c4ccccc4c4ccccc43)ccn2)nc1. The molecule has 2 aromatic carbocycles. The summed E-state index contributed by atoms with van der Waals surface area (Å²) in [6, 6.07) is 27.0. The number of hydrogen-bond donors (Lipinski definition) is 0. The summed E-state index contributed by atoms with van der Waals surface area (Å²) in [4.78, 5) is 8.93. The molecule has 5 rings (SSSR count). The van der Waals surface area contributed by atoms with Crippen LogP contribution in [0.1, 0.15) is 0 Å². The smallest absolute Gasteiger partial charge is 0.0906 e. The van der Waals surface area contributed by atoms with E-state index >= 15 is 0 Å². The first-order valence-corrected chi connectivity index (χ1v) is 8.28. The molecule has 3 heteroatoms. The van der Waals surface area contributed by atoms with Gasteiger partial charge in [-0.2, -0.15) is 0 Å². The van der Waals surface area contributed by atoms with E-state index < -0.39 is 0 Å².